The molecule has 0 bridgehead atoms. The van der Waals surface area contributed by atoms with E-state index in [4.69, 9.17) is 0 Å². The lowest BCUT2D eigenvalue weighted by atomic mass is 10.1. The van der Waals surface area contributed by atoms with Gasteiger partial charge in [0.2, 0.25) is 0 Å². The predicted molar refractivity (Wildman–Crippen MR) is 55.7 cm³/mol. The molecule has 21 heavy (non-hydrogen) atoms. The molecule has 1 aromatic carbocycles. The van der Waals surface area contributed by atoms with Crippen molar-refractivity contribution in [1.82, 2.24) is 0 Å². The molecular formula is C10H3BrF8O2. The number of hydrogen-bond donors (Lipinski definition) is 0. The highest BCUT2D eigenvalue weighted by atomic mass is 79.9. The van der Waals surface area contributed by atoms with Gasteiger partial charge in [-0.3, -0.25) is 0 Å². The van der Waals surface area contributed by atoms with E-state index in [2.05, 4.69) is 20.7 Å². The first-order chi connectivity index (χ1) is 9.30. The molecule has 0 amide bonds. The number of ether oxygens (including phenoxy) is 1. The Bertz CT molecular complexity index is 554. The SMILES string of the molecule is O=C(Oc1ccc(F)cc1Br)C(F)(F)C(F)(F)C(F)(F)F. The summed E-state index contributed by atoms with van der Waals surface area (Å²) in [5.74, 6) is -17.6. The van der Waals surface area contributed by atoms with Gasteiger partial charge < -0.3 is 4.74 Å². The smallest absolute Gasteiger partial charge is 0.421 e. The number of benzene rings is 1. The first-order valence-electron chi connectivity index (χ1n) is 4.80. The van der Waals surface area contributed by atoms with Gasteiger partial charge in [-0.15, -0.1) is 0 Å². The van der Waals surface area contributed by atoms with Crippen molar-refractivity contribution < 1.29 is 44.7 Å². The lowest BCUT2D eigenvalue weighted by molar-refractivity contribution is -0.346. The second-order valence-electron chi connectivity index (χ2n) is 3.61. The van der Waals surface area contributed by atoms with E-state index in [1.807, 2.05) is 0 Å². The molecule has 0 fully saturated rings. The molecule has 0 aliphatic heterocycles. The Morgan fingerprint density at radius 1 is 1.05 bits per heavy atom. The van der Waals surface area contributed by atoms with Crippen molar-refractivity contribution in [3.63, 3.8) is 0 Å². The number of rotatable bonds is 3. The zero-order chi connectivity index (χ0) is 16.6. The second-order valence-corrected chi connectivity index (χ2v) is 4.47. The Hall–Kier alpha value is -1.39. The number of carbonyl (C=O) groups excluding carboxylic acids is 1. The molecule has 0 unspecified atom stereocenters. The van der Waals surface area contributed by atoms with Crippen LogP contribution in [-0.4, -0.2) is 24.0 Å². The van der Waals surface area contributed by atoms with Crippen LogP contribution in [0.15, 0.2) is 22.7 Å². The van der Waals surface area contributed by atoms with Crippen LogP contribution in [0, 0.1) is 5.82 Å². The topological polar surface area (TPSA) is 26.3 Å². The zero-order valence-electron chi connectivity index (χ0n) is 9.45. The number of alkyl halides is 7. The Labute approximate surface area is 119 Å². The van der Waals surface area contributed by atoms with E-state index < -0.39 is 40.0 Å². The van der Waals surface area contributed by atoms with Gasteiger partial charge in [-0.1, -0.05) is 0 Å². The van der Waals surface area contributed by atoms with Gasteiger partial charge in [-0.25, -0.2) is 9.18 Å². The van der Waals surface area contributed by atoms with E-state index in [-0.39, 0.29) is 0 Å². The van der Waals surface area contributed by atoms with E-state index in [9.17, 15) is 39.9 Å². The van der Waals surface area contributed by atoms with Crippen LogP contribution < -0.4 is 4.74 Å². The molecule has 0 saturated heterocycles. The monoisotopic (exact) mass is 386 g/mol. The van der Waals surface area contributed by atoms with E-state index in [1.165, 1.54) is 0 Å². The second kappa shape index (κ2) is 5.43. The third-order valence-electron chi connectivity index (χ3n) is 2.10. The van der Waals surface area contributed by atoms with E-state index in [1.54, 1.807) is 0 Å². The third kappa shape index (κ3) is 3.27. The molecule has 0 radical (unpaired) electrons. The molecular weight excluding hydrogens is 384 g/mol. The lowest BCUT2D eigenvalue weighted by Gasteiger charge is -2.26. The molecule has 0 atom stereocenters. The molecule has 0 aromatic heterocycles. The van der Waals surface area contributed by atoms with Crippen molar-refractivity contribution in [3.8, 4) is 5.75 Å². The van der Waals surface area contributed by atoms with E-state index in [0.717, 1.165) is 0 Å². The van der Waals surface area contributed by atoms with Gasteiger partial charge in [0.15, 0.2) is 0 Å². The van der Waals surface area contributed by atoms with Crippen LogP contribution in [0.4, 0.5) is 35.1 Å². The molecule has 1 rings (SSSR count). The van der Waals surface area contributed by atoms with Gasteiger partial charge in [0.25, 0.3) is 0 Å². The Morgan fingerprint density at radius 3 is 2.00 bits per heavy atom. The molecule has 0 heterocycles. The van der Waals surface area contributed by atoms with Gasteiger partial charge >= 0.3 is 24.0 Å². The highest BCUT2D eigenvalue weighted by molar-refractivity contribution is 9.10. The Kier molecular flexibility index (Phi) is 4.56. The van der Waals surface area contributed by atoms with Gasteiger partial charge in [0.05, 0.1) is 4.47 Å². The van der Waals surface area contributed by atoms with Crippen molar-refractivity contribution in [3.05, 3.63) is 28.5 Å². The molecule has 1 aromatic rings. The Morgan fingerprint density at radius 2 is 1.57 bits per heavy atom. The standard InChI is InChI=1S/C10H3BrF8O2/c11-5-3-4(12)1-2-6(5)21-7(20)8(13,14)9(15,16)10(17,18)19/h1-3H. The van der Waals surface area contributed by atoms with Crippen molar-refractivity contribution in [2.45, 2.75) is 18.0 Å². The van der Waals surface area contributed by atoms with Gasteiger partial charge in [-0.2, -0.15) is 30.7 Å². The van der Waals surface area contributed by atoms with Crippen LogP contribution in [0.5, 0.6) is 5.75 Å². The first-order valence-corrected chi connectivity index (χ1v) is 5.59. The number of carbonyl (C=O) groups is 1. The fourth-order valence-corrected chi connectivity index (χ4v) is 1.46. The summed E-state index contributed by atoms with van der Waals surface area (Å²) in [6.07, 6.45) is -6.66. The predicted octanol–water partition coefficient (Wildman–Crippen LogP) is 4.33. The fraction of sp³-hybridized carbons (Fsp3) is 0.300. The summed E-state index contributed by atoms with van der Waals surface area (Å²) in [5, 5.41) is 0. The van der Waals surface area contributed by atoms with Gasteiger partial charge in [-0.05, 0) is 34.1 Å². The molecule has 0 spiro atoms. The minimum absolute atomic E-state index is 0.429. The molecule has 118 valence electrons. The first kappa shape index (κ1) is 17.7. The maximum atomic E-state index is 13.0. The molecule has 2 nitrogen and oxygen atoms in total. The van der Waals surface area contributed by atoms with Crippen LogP contribution in [0.2, 0.25) is 0 Å². The van der Waals surface area contributed by atoms with Crippen molar-refractivity contribution in [2.75, 3.05) is 0 Å². The number of halogens is 9. The molecule has 0 aliphatic rings. The molecule has 11 heteroatoms. The van der Waals surface area contributed by atoms with Crippen LogP contribution in [0.3, 0.4) is 0 Å². The fourth-order valence-electron chi connectivity index (χ4n) is 1.03. The normalized spacial score (nSPS) is 13.2. The average Bonchev–Trinajstić information content (AvgIpc) is 2.30. The molecule has 0 saturated carbocycles. The van der Waals surface area contributed by atoms with Crippen molar-refractivity contribution in [1.29, 1.82) is 0 Å². The lowest BCUT2D eigenvalue weighted by Crippen LogP contribution is -2.57. The quantitative estimate of drug-likeness (QED) is 0.439. The average molecular weight is 387 g/mol. The van der Waals surface area contributed by atoms with Gasteiger partial charge in [0, 0.05) is 0 Å². The maximum Gasteiger partial charge on any atom is 0.460 e. The van der Waals surface area contributed by atoms with Crippen molar-refractivity contribution >= 4 is 21.9 Å². The summed E-state index contributed by atoms with van der Waals surface area (Å²) < 4.78 is 103. The Balaban J connectivity index is 3.07. The van der Waals surface area contributed by atoms with Crippen LogP contribution in [0.25, 0.3) is 0 Å². The van der Waals surface area contributed by atoms with Crippen LogP contribution >= 0.6 is 15.9 Å². The van der Waals surface area contributed by atoms with E-state index in [0.29, 0.717) is 18.2 Å². The summed E-state index contributed by atoms with van der Waals surface area (Å²) in [4.78, 5) is 10.9. The van der Waals surface area contributed by atoms with Gasteiger partial charge in [0.1, 0.15) is 11.6 Å². The van der Waals surface area contributed by atoms with Crippen LogP contribution in [-0.2, 0) is 4.79 Å². The van der Waals surface area contributed by atoms with Crippen LogP contribution in [0.1, 0.15) is 0 Å². The van der Waals surface area contributed by atoms with Crippen molar-refractivity contribution in [2.24, 2.45) is 0 Å². The molecule has 0 aliphatic carbocycles. The maximum absolute atomic E-state index is 13.0. The molecule has 0 N–H and O–H groups in total. The highest BCUT2D eigenvalue weighted by Crippen LogP contribution is 2.47. The highest BCUT2D eigenvalue weighted by Gasteiger charge is 2.77. The van der Waals surface area contributed by atoms with E-state index >= 15 is 0 Å². The minimum atomic E-state index is -6.66. The number of hydrogen-bond acceptors (Lipinski definition) is 2. The summed E-state index contributed by atoms with van der Waals surface area (Å²) in [6, 6.07) is 1.84. The summed E-state index contributed by atoms with van der Waals surface area (Å²) >= 11 is 2.56. The third-order valence-corrected chi connectivity index (χ3v) is 2.72. The number of esters is 1. The zero-order valence-corrected chi connectivity index (χ0v) is 11.0. The minimum Gasteiger partial charge on any atom is -0.421 e. The summed E-state index contributed by atoms with van der Waals surface area (Å²) in [7, 11) is 0. The largest absolute Gasteiger partial charge is 0.460 e. The summed E-state index contributed by atoms with van der Waals surface area (Å²) in [5.41, 5.74) is 0. The summed E-state index contributed by atoms with van der Waals surface area (Å²) in [6.45, 7) is 0.